The van der Waals surface area contributed by atoms with Crippen LogP contribution < -0.4 is 5.73 Å². The highest BCUT2D eigenvalue weighted by atomic mass is 32.1. The topological polar surface area (TPSA) is 72.1 Å². The van der Waals surface area contributed by atoms with Gasteiger partial charge in [-0.05, 0) is 37.5 Å². The smallest absolute Gasteiger partial charge is 0.264 e. The molecule has 27 heavy (non-hydrogen) atoms. The van der Waals surface area contributed by atoms with Crippen LogP contribution in [0.5, 0.6) is 0 Å². The number of amides is 1. The normalized spacial score (nSPS) is 14.5. The number of anilines is 1. The van der Waals surface area contributed by atoms with E-state index in [0.717, 1.165) is 21.4 Å². The summed E-state index contributed by atoms with van der Waals surface area (Å²) in [7, 11) is 0. The van der Waals surface area contributed by atoms with E-state index in [1.165, 1.54) is 17.4 Å². The van der Waals surface area contributed by atoms with Crippen molar-refractivity contribution in [2.24, 2.45) is 0 Å². The van der Waals surface area contributed by atoms with Gasteiger partial charge < -0.3 is 10.6 Å². The van der Waals surface area contributed by atoms with Crippen molar-refractivity contribution < 1.29 is 9.18 Å². The highest BCUT2D eigenvalue weighted by molar-refractivity contribution is 7.20. The largest absolute Gasteiger partial charge is 0.383 e. The Morgan fingerprint density at radius 3 is 2.74 bits per heavy atom. The first-order valence-electron chi connectivity index (χ1n) is 8.72. The molecular weight excluding hydrogens is 363 g/mol. The summed E-state index contributed by atoms with van der Waals surface area (Å²) < 4.78 is 14.0. The standard InChI is InChI=1S/C20H19FN4OS/c1-11-16-18(22)23-12(2)24-19(16)27-17(11)20(26)25-9-7-13(8-10-25)14-5-3-4-6-15(14)21/h3-7H,8-10H2,1-2H3,(H2,22,23,24). The third-order valence-electron chi connectivity index (χ3n) is 4.84. The molecular formula is C20H19FN4OS. The molecule has 3 aromatic rings. The van der Waals surface area contributed by atoms with Crippen LogP contribution in [0.25, 0.3) is 15.8 Å². The van der Waals surface area contributed by atoms with E-state index >= 15 is 0 Å². The molecule has 3 heterocycles. The Hall–Kier alpha value is -2.80. The zero-order valence-electron chi connectivity index (χ0n) is 15.1. The van der Waals surface area contributed by atoms with Crippen LogP contribution in [0.4, 0.5) is 10.2 Å². The highest BCUT2D eigenvalue weighted by Crippen LogP contribution is 2.34. The average molecular weight is 382 g/mol. The van der Waals surface area contributed by atoms with Crippen molar-refractivity contribution in [3.63, 3.8) is 0 Å². The maximum absolute atomic E-state index is 14.0. The SMILES string of the molecule is Cc1nc(N)c2c(C)c(C(=O)N3CC=C(c4ccccc4F)CC3)sc2n1. The molecule has 1 aliphatic rings. The first-order valence-corrected chi connectivity index (χ1v) is 9.53. The Bertz CT molecular complexity index is 1090. The van der Waals surface area contributed by atoms with Crippen LogP contribution in [0.1, 0.15) is 33.0 Å². The molecule has 0 aliphatic carbocycles. The number of aromatic nitrogens is 2. The van der Waals surface area contributed by atoms with E-state index in [1.807, 2.05) is 19.1 Å². The fraction of sp³-hybridized carbons (Fsp3) is 0.250. The monoisotopic (exact) mass is 382 g/mol. The fourth-order valence-corrected chi connectivity index (χ4v) is 4.65. The lowest BCUT2D eigenvalue weighted by Gasteiger charge is -2.26. The Labute approximate surface area is 160 Å². The predicted molar refractivity (Wildman–Crippen MR) is 106 cm³/mol. The minimum absolute atomic E-state index is 0.0450. The minimum Gasteiger partial charge on any atom is -0.383 e. The third-order valence-corrected chi connectivity index (χ3v) is 6.01. The van der Waals surface area contributed by atoms with Gasteiger partial charge >= 0.3 is 0 Å². The maximum atomic E-state index is 14.0. The average Bonchev–Trinajstić information content (AvgIpc) is 2.98. The second-order valence-corrected chi connectivity index (χ2v) is 7.60. The molecule has 0 bridgehead atoms. The number of hydrogen-bond donors (Lipinski definition) is 1. The van der Waals surface area contributed by atoms with Crippen molar-refractivity contribution in [1.29, 1.82) is 0 Å². The van der Waals surface area contributed by atoms with Gasteiger partial charge in [-0.1, -0.05) is 24.3 Å². The van der Waals surface area contributed by atoms with Crippen molar-refractivity contribution in [2.75, 3.05) is 18.8 Å². The first kappa shape index (κ1) is 17.6. The number of aryl methyl sites for hydroxylation is 2. The molecule has 1 amide bonds. The molecule has 0 atom stereocenters. The number of benzene rings is 1. The number of hydrogen-bond acceptors (Lipinski definition) is 5. The van der Waals surface area contributed by atoms with Crippen LogP contribution in [-0.4, -0.2) is 33.9 Å². The molecule has 138 valence electrons. The molecule has 0 saturated carbocycles. The number of nitrogens with zero attached hydrogens (tertiary/aromatic N) is 3. The summed E-state index contributed by atoms with van der Waals surface area (Å²) in [5.74, 6) is 0.728. The Balaban J connectivity index is 1.62. The highest BCUT2D eigenvalue weighted by Gasteiger charge is 2.25. The third kappa shape index (κ3) is 3.08. The van der Waals surface area contributed by atoms with Crippen molar-refractivity contribution in [3.8, 4) is 0 Å². The maximum Gasteiger partial charge on any atom is 0.264 e. The summed E-state index contributed by atoms with van der Waals surface area (Å²) in [6.07, 6.45) is 2.55. The molecule has 0 fully saturated rings. The van der Waals surface area contributed by atoms with Gasteiger partial charge in [0.15, 0.2) is 0 Å². The van der Waals surface area contributed by atoms with Crippen molar-refractivity contribution >= 4 is 38.9 Å². The van der Waals surface area contributed by atoms with Gasteiger partial charge in [0.2, 0.25) is 0 Å². The molecule has 7 heteroatoms. The molecule has 0 radical (unpaired) electrons. The second kappa shape index (κ2) is 6.74. The second-order valence-electron chi connectivity index (χ2n) is 6.60. The molecule has 1 aliphatic heterocycles. The number of carbonyl (C=O) groups excluding carboxylic acids is 1. The molecule has 5 nitrogen and oxygen atoms in total. The predicted octanol–water partition coefficient (Wildman–Crippen LogP) is 3.96. The molecule has 0 unspecified atom stereocenters. The van der Waals surface area contributed by atoms with Crippen molar-refractivity contribution in [2.45, 2.75) is 20.3 Å². The first-order chi connectivity index (χ1) is 13.0. The lowest BCUT2D eigenvalue weighted by Crippen LogP contribution is -2.34. The summed E-state index contributed by atoms with van der Waals surface area (Å²) in [5, 5.41) is 0.758. The van der Waals surface area contributed by atoms with E-state index in [4.69, 9.17) is 5.73 Å². The van der Waals surface area contributed by atoms with Gasteiger partial charge in [0.25, 0.3) is 5.91 Å². The lowest BCUT2D eigenvalue weighted by atomic mass is 9.99. The number of nitrogens with two attached hydrogens (primary N) is 1. The van der Waals surface area contributed by atoms with Gasteiger partial charge in [0, 0.05) is 18.7 Å². The summed E-state index contributed by atoms with van der Waals surface area (Å²) in [6, 6.07) is 6.74. The number of fused-ring (bicyclic) bond motifs is 1. The van der Waals surface area contributed by atoms with Crippen LogP contribution in [0.15, 0.2) is 30.3 Å². The zero-order chi connectivity index (χ0) is 19.1. The van der Waals surface area contributed by atoms with Gasteiger partial charge in [-0.15, -0.1) is 11.3 Å². The number of thiophene rings is 1. The van der Waals surface area contributed by atoms with E-state index in [9.17, 15) is 9.18 Å². The molecule has 4 rings (SSSR count). The zero-order valence-corrected chi connectivity index (χ0v) is 15.9. The Morgan fingerprint density at radius 2 is 2.04 bits per heavy atom. The van der Waals surface area contributed by atoms with Crippen LogP contribution in [0.2, 0.25) is 0 Å². The molecule has 1 aromatic carbocycles. The van der Waals surface area contributed by atoms with Crippen LogP contribution >= 0.6 is 11.3 Å². The lowest BCUT2D eigenvalue weighted by molar-refractivity contribution is 0.0777. The van der Waals surface area contributed by atoms with E-state index in [2.05, 4.69) is 9.97 Å². The summed E-state index contributed by atoms with van der Waals surface area (Å²) in [6.45, 7) is 4.67. The number of carbonyl (C=O) groups is 1. The van der Waals surface area contributed by atoms with Crippen LogP contribution in [0.3, 0.4) is 0 Å². The fourth-order valence-electron chi connectivity index (χ4n) is 3.45. The molecule has 2 aromatic heterocycles. The number of nitrogen functional groups attached to an aromatic ring is 1. The summed E-state index contributed by atoms with van der Waals surface area (Å²) in [4.78, 5) is 24.8. The van der Waals surface area contributed by atoms with Gasteiger partial charge in [-0.3, -0.25) is 4.79 Å². The molecule has 0 saturated heterocycles. The van der Waals surface area contributed by atoms with E-state index in [0.29, 0.717) is 41.6 Å². The molecule has 2 N–H and O–H groups in total. The molecule has 0 spiro atoms. The minimum atomic E-state index is -0.228. The van der Waals surface area contributed by atoms with Gasteiger partial charge in [-0.2, -0.15) is 0 Å². The Kier molecular flexibility index (Phi) is 4.39. The van der Waals surface area contributed by atoms with Crippen molar-refractivity contribution in [1.82, 2.24) is 14.9 Å². The van der Waals surface area contributed by atoms with E-state index in [1.54, 1.807) is 24.0 Å². The van der Waals surface area contributed by atoms with Gasteiger partial charge in [0.05, 0.1) is 10.3 Å². The summed E-state index contributed by atoms with van der Waals surface area (Å²) >= 11 is 1.35. The van der Waals surface area contributed by atoms with Crippen LogP contribution in [-0.2, 0) is 0 Å². The van der Waals surface area contributed by atoms with Crippen molar-refractivity contribution in [3.05, 3.63) is 58.0 Å². The Morgan fingerprint density at radius 1 is 1.26 bits per heavy atom. The van der Waals surface area contributed by atoms with Gasteiger partial charge in [0.1, 0.15) is 22.3 Å². The van der Waals surface area contributed by atoms with E-state index < -0.39 is 0 Å². The van der Waals surface area contributed by atoms with Crippen LogP contribution in [0, 0.1) is 19.7 Å². The summed E-state index contributed by atoms with van der Waals surface area (Å²) in [5.41, 5.74) is 8.41. The number of halogens is 1. The quantitative estimate of drug-likeness (QED) is 0.728. The van der Waals surface area contributed by atoms with Gasteiger partial charge in [-0.25, -0.2) is 14.4 Å². The van der Waals surface area contributed by atoms with E-state index in [-0.39, 0.29) is 11.7 Å². The number of rotatable bonds is 2.